The van der Waals surface area contributed by atoms with Crippen molar-refractivity contribution in [2.24, 2.45) is 22.8 Å². The number of aryl methyl sites for hydroxylation is 1. The van der Waals surface area contributed by atoms with Crippen molar-refractivity contribution < 1.29 is 45.0 Å². The van der Waals surface area contributed by atoms with Crippen molar-refractivity contribution in [3.63, 3.8) is 0 Å². The molecule has 0 aliphatic carbocycles. The molecular weight excluding hydrogens is 602 g/mol. The quantitative estimate of drug-likeness (QED) is 0.104. The van der Waals surface area contributed by atoms with Gasteiger partial charge in [-0.05, 0) is 76.8 Å². The number of carbonyl (C=O) groups is 1. The highest BCUT2D eigenvalue weighted by atomic mass is 19.4. The van der Waals surface area contributed by atoms with Gasteiger partial charge in [-0.3, -0.25) is 4.79 Å². The zero-order valence-electron chi connectivity index (χ0n) is 26.2. The van der Waals surface area contributed by atoms with Gasteiger partial charge in [-0.15, -0.1) is 0 Å². The lowest BCUT2D eigenvalue weighted by Crippen LogP contribution is -2.50. The SMILES string of the molecule is CCCCCc1ccc(-c2cc3ccc(OCC(COC(=O)C(C)(C)C(N)CC(C)(C)N)C(F)(F)F)cc3o2)c(C(F)(F)F)c1. The second-order valence-electron chi connectivity index (χ2n) is 12.8. The maximum absolute atomic E-state index is 14.0. The summed E-state index contributed by atoms with van der Waals surface area (Å²) in [5, 5.41) is 0.443. The van der Waals surface area contributed by atoms with Crippen LogP contribution in [0.25, 0.3) is 22.3 Å². The molecule has 0 bridgehead atoms. The summed E-state index contributed by atoms with van der Waals surface area (Å²) in [6, 6.07) is 9.00. The minimum Gasteiger partial charge on any atom is -0.493 e. The number of carbonyl (C=O) groups excluding carboxylic acids is 1. The molecule has 1 aromatic heterocycles. The van der Waals surface area contributed by atoms with Crippen LogP contribution >= 0.6 is 0 Å². The third-order valence-electron chi connectivity index (χ3n) is 7.74. The molecule has 2 unspecified atom stereocenters. The fourth-order valence-corrected chi connectivity index (χ4v) is 4.78. The van der Waals surface area contributed by atoms with Crippen molar-refractivity contribution in [3.8, 4) is 17.1 Å². The number of ether oxygens (including phenoxy) is 2. The van der Waals surface area contributed by atoms with Crippen LogP contribution in [-0.2, 0) is 22.1 Å². The van der Waals surface area contributed by atoms with E-state index in [0.717, 1.165) is 25.3 Å². The van der Waals surface area contributed by atoms with Gasteiger partial charge in [0, 0.05) is 28.6 Å². The van der Waals surface area contributed by atoms with Crippen molar-refractivity contribution >= 4 is 16.9 Å². The number of hydrogen-bond donors (Lipinski definition) is 2. The van der Waals surface area contributed by atoms with Gasteiger partial charge in [0.15, 0.2) is 0 Å². The summed E-state index contributed by atoms with van der Waals surface area (Å²) in [5.74, 6) is -3.09. The minimum atomic E-state index is -4.76. The van der Waals surface area contributed by atoms with Crippen molar-refractivity contribution in [1.82, 2.24) is 0 Å². The number of alkyl halides is 6. The predicted octanol–water partition coefficient (Wildman–Crippen LogP) is 8.43. The second kappa shape index (κ2) is 14.0. The standard InChI is InChI=1S/C33H42F6N2O4/c1-6-7-8-9-20-10-13-24(25(14-20)33(37,38)39)27-15-21-11-12-23(16-26(21)45-27)43-18-22(32(34,35)36)19-44-29(42)31(4,5)28(40)17-30(2,3)41/h10-16,22,28H,6-9,17-19,40-41H2,1-5H3. The number of rotatable bonds is 14. The maximum atomic E-state index is 14.0. The smallest absolute Gasteiger partial charge is 0.417 e. The summed E-state index contributed by atoms with van der Waals surface area (Å²) in [4.78, 5) is 12.7. The molecule has 0 aliphatic rings. The summed E-state index contributed by atoms with van der Waals surface area (Å²) in [6.07, 6.45) is -6.00. The van der Waals surface area contributed by atoms with Gasteiger partial charge in [-0.25, -0.2) is 0 Å². The van der Waals surface area contributed by atoms with E-state index in [1.807, 2.05) is 6.92 Å². The lowest BCUT2D eigenvalue weighted by molar-refractivity contribution is -0.200. The van der Waals surface area contributed by atoms with E-state index in [0.29, 0.717) is 17.4 Å². The highest BCUT2D eigenvalue weighted by molar-refractivity contribution is 5.84. The Bertz CT molecular complexity index is 1440. The van der Waals surface area contributed by atoms with Gasteiger partial charge >= 0.3 is 18.3 Å². The lowest BCUT2D eigenvalue weighted by atomic mass is 9.79. The number of benzene rings is 2. The zero-order chi connectivity index (χ0) is 33.8. The topological polar surface area (TPSA) is 101 Å². The van der Waals surface area contributed by atoms with Crippen LogP contribution < -0.4 is 16.2 Å². The molecule has 2 atom stereocenters. The molecular formula is C33H42F6N2O4. The Morgan fingerprint density at radius 1 is 0.933 bits per heavy atom. The summed E-state index contributed by atoms with van der Waals surface area (Å²) >= 11 is 0. The first-order valence-electron chi connectivity index (χ1n) is 14.9. The van der Waals surface area contributed by atoms with E-state index in [-0.39, 0.29) is 29.1 Å². The lowest BCUT2D eigenvalue weighted by Gasteiger charge is -2.34. The molecule has 0 amide bonds. The molecule has 0 spiro atoms. The largest absolute Gasteiger partial charge is 0.493 e. The van der Waals surface area contributed by atoms with E-state index in [1.54, 1.807) is 19.9 Å². The van der Waals surface area contributed by atoms with Crippen molar-refractivity contribution in [3.05, 3.63) is 53.6 Å². The average Bonchev–Trinajstić information content (AvgIpc) is 3.34. The Morgan fingerprint density at radius 2 is 1.62 bits per heavy atom. The van der Waals surface area contributed by atoms with Crippen molar-refractivity contribution in [2.75, 3.05) is 13.2 Å². The molecule has 12 heteroatoms. The maximum Gasteiger partial charge on any atom is 0.417 e. The number of unbranched alkanes of at least 4 members (excludes halogenated alkanes) is 2. The van der Waals surface area contributed by atoms with Crippen LogP contribution in [0.15, 0.2) is 46.9 Å². The molecule has 0 saturated heterocycles. The molecule has 3 rings (SSSR count). The molecule has 0 radical (unpaired) electrons. The van der Waals surface area contributed by atoms with Gasteiger partial charge in [0.05, 0.1) is 11.0 Å². The molecule has 0 aliphatic heterocycles. The Balaban J connectivity index is 1.75. The minimum absolute atomic E-state index is 0.00109. The fourth-order valence-electron chi connectivity index (χ4n) is 4.78. The number of esters is 1. The molecule has 45 heavy (non-hydrogen) atoms. The first-order valence-corrected chi connectivity index (χ1v) is 14.9. The number of fused-ring (bicyclic) bond motifs is 1. The third-order valence-corrected chi connectivity index (χ3v) is 7.74. The van der Waals surface area contributed by atoms with Gasteiger partial charge in [-0.1, -0.05) is 31.9 Å². The van der Waals surface area contributed by atoms with E-state index in [9.17, 15) is 31.1 Å². The highest BCUT2D eigenvalue weighted by Gasteiger charge is 2.44. The molecule has 3 aromatic rings. The van der Waals surface area contributed by atoms with Crippen LogP contribution in [0.2, 0.25) is 0 Å². The number of halogens is 6. The van der Waals surface area contributed by atoms with Crippen LogP contribution in [0.3, 0.4) is 0 Å². The number of furan rings is 1. The molecule has 6 nitrogen and oxygen atoms in total. The molecule has 0 saturated carbocycles. The Hall–Kier alpha value is -3.25. The summed E-state index contributed by atoms with van der Waals surface area (Å²) in [6.45, 7) is 6.55. The second-order valence-corrected chi connectivity index (χ2v) is 12.8. The zero-order valence-corrected chi connectivity index (χ0v) is 26.2. The van der Waals surface area contributed by atoms with Crippen LogP contribution in [0.5, 0.6) is 5.75 Å². The van der Waals surface area contributed by atoms with E-state index < -0.39 is 60.0 Å². The normalized spacial score (nSPS) is 14.4. The average molecular weight is 645 g/mol. The summed E-state index contributed by atoms with van der Waals surface area (Å²) < 4.78 is 99.6. The Morgan fingerprint density at radius 3 is 2.22 bits per heavy atom. The predicted molar refractivity (Wildman–Crippen MR) is 161 cm³/mol. The Kier molecular flexibility index (Phi) is 11.3. The van der Waals surface area contributed by atoms with Crippen LogP contribution in [0.1, 0.15) is 71.4 Å². The molecule has 0 fully saturated rings. The van der Waals surface area contributed by atoms with Crippen LogP contribution in [0, 0.1) is 11.3 Å². The first kappa shape index (κ1) is 36.2. The first-order chi connectivity index (χ1) is 20.7. The van der Waals surface area contributed by atoms with E-state index in [2.05, 4.69) is 0 Å². The van der Waals surface area contributed by atoms with Gasteiger partial charge in [0.2, 0.25) is 0 Å². The third kappa shape index (κ3) is 9.87. The van der Waals surface area contributed by atoms with Gasteiger partial charge in [-0.2, -0.15) is 26.3 Å². The van der Waals surface area contributed by atoms with Gasteiger partial charge < -0.3 is 25.4 Å². The van der Waals surface area contributed by atoms with Crippen molar-refractivity contribution in [1.29, 1.82) is 0 Å². The fraction of sp³-hybridized carbons (Fsp3) is 0.545. The van der Waals surface area contributed by atoms with E-state index in [4.69, 9.17) is 25.4 Å². The molecule has 1 heterocycles. The number of nitrogens with two attached hydrogens (primary N) is 2. The molecule has 2 aromatic carbocycles. The summed E-state index contributed by atoms with van der Waals surface area (Å²) in [7, 11) is 0. The van der Waals surface area contributed by atoms with Crippen molar-refractivity contribution in [2.45, 2.75) is 90.7 Å². The molecule has 250 valence electrons. The van der Waals surface area contributed by atoms with E-state index in [1.165, 1.54) is 44.2 Å². The molecule has 4 N–H and O–H groups in total. The van der Waals surface area contributed by atoms with Gasteiger partial charge in [0.25, 0.3) is 0 Å². The Labute approximate surface area is 259 Å². The van der Waals surface area contributed by atoms with Gasteiger partial charge in [0.1, 0.15) is 36.2 Å². The highest BCUT2D eigenvalue weighted by Crippen LogP contribution is 2.40. The van der Waals surface area contributed by atoms with Crippen LogP contribution in [-0.4, -0.2) is 36.9 Å². The van der Waals surface area contributed by atoms with Crippen LogP contribution in [0.4, 0.5) is 26.3 Å². The summed E-state index contributed by atoms with van der Waals surface area (Å²) in [5.41, 5.74) is 9.83. The monoisotopic (exact) mass is 644 g/mol. The van der Waals surface area contributed by atoms with E-state index >= 15 is 0 Å². The number of hydrogen-bond acceptors (Lipinski definition) is 6.